The predicted octanol–water partition coefficient (Wildman–Crippen LogP) is 1.25. The summed E-state index contributed by atoms with van der Waals surface area (Å²) >= 11 is 0. The highest BCUT2D eigenvalue weighted by atomic mass is 16.5. The second-order valence-electron chi connectivity index (χ2n) is 3.52. The van der Waals surface area contributed by atoms with Crippen molar-refractivity contribution in [3.63, 3.8) is 0 Å². The molecule has 2 N–H and O–H groups in total. The SMILES string of the molecule is CNC(=O)CCOc1cccc(C(C)O)c1. The van der Waals surface area contributed by atoms with Crippen LogP contribution >= 0.6 is 0 Å². The smallest absolute Gasteiger partial charge is 0.223 e. The molecule has 16 heavy (non-hydrogen) atoms. The standard InChI is InChI=1S/C12H17NO3/c1-9(14)10-4-3-5-11(8-10)16-7-6-12(15)13-2/h3-5,8-9,14H,6-7H2,1-2H3,(H,13,15). The number of nitrogens with one attached hydrogen (secondary N) is 1. The predicted molar refractivity (Wildman–Crippen MR) is 61.3 cm³/mol. The minimum atomic E-state index is -0.512. The number of amides is 1. The second-order valence-corrected chi connectivity index (χ2v) is 3.52. The number of carbonyl (C=O) groups excluding carboxylic acids is 1. The Morgan fingerprint density at radius 3 is 2.94 bits per heavy atom. The van der Waals surface area contributed by atoms with E-state index in [0.29, 0.717) is 18.8 Å². The van der Waals surface area contributed by atoms with Crippen molar-refractivity contribution in [1.82, 2.24) is 5.32 Å². The van der Waals surface area contributed by atoms with Crippen LogP contribution in [0.4, 0.5) is 0 Å². The van der Waals surface area contributed by atoms with Crippen molar-refractivity contribution < 1.29 is 14.6 Å². The fourth-order valence-electron chi connectivity index (χ4n) is 1.25. The van der Waals surface area contributed by atoms with Crippen molar-refractivity contribution in [2.75, 3.05) is 13.7 Å². The van der Waals surface area contributed by atoms with Gasteiger partial charge in [-0.2, -0.15) is 0 Å². The maximum atomic E-state index is 10.9. The Labute approximate surface area is 95.2 Å². The Bertz CT molecular complexity index is 350. The van der Waals surface area contributed by atoms with E-state index in [1.807, 2.05) is 12.1 Å². The lowest BCUT2D eigenvalue weighted by Crippen LogP contribution is -2.20. The van der Waals surface area contributed by atoms with E-state index >= 15 is 0 Å². The van der Waals surface area contributed by atoms with E-state index < -0.39 is 6.10 Å². The van der Waals surface area contributed by atoms with E-state index in [2.05, 4.69) is 5.32 Å². The van der Waals surface area contributed by atoms with Crippen LogP contribution in [0.25, 0.3) is 0 Å². The number of hydrogen-bond acceptors (Lipinski definition) is 3. The van der Waals surface area contributed by atoms with Crippen LogP contribution in [-0.4, -0.2) is 24.7 Å². The Morgan fingerprint density at radius 1 is 1.56 bits per heavy atom. The van der Waals surface area contributed by atoms with Crippen molar-refractivity contribution in [2.45, 2.75) is 19.4 Å². The molecule has 1 aromatic rings. The molecule has 0 bridgehead atoms. The number of aliphatic hydroxyl groups is 1. The maximum absolute atomic E-state index is 10.9. The largest absolute Gasteiger partial charge is 0.493 e. The number of aliphatic hydroxyl groups excluding tert-OH is 1. The molecule has 0 aliphatic heterocycles. The molecular formula is C12H17NO3. The first-order valence-electron chi connectivity index (χ1n) is 5.25. The topological polar surface area (TPSA) is 58.6 Å². The zero-order valence-corrected chi connectivity index (χ0v) is 9.56. The molecule has 0 aliphatic rings. The van der Waals surface area contributed by atoms with Crippen molar-refractivity contribution in [2.24, 2.45) is 0 Å². The van der Waals surface area contributed by atoms with Gasteiger partial charge in [0.25, 0.3) is 0 Å². The van der Waals surface area contributed by atoms with Gasteiger partial charge in [0.15, 0.2) is 0 Å². The van der Waals surface area contributed by atoms with Crippen molar-refractivity contribution in [3.8, 4) is 5.75 Å². The fraction of sp³-hybridized carbons (Fsp3) is 0.417. The fourth-order valence-corrected chi connectivity index (χ4v) is 1.25. The lowest BCUT2D eigenvalue weighted by molar-refractivity contribution is -0.121. The van der Waals surface area contributed by atoms with Crippen LogP contribution in [0.1, 0.15) is 25.0 Å². The van der Waals surface area contributed by atoms with E-state index in [0.717, 1.165) is 5.56 Å². The van der Waals surface area contributed by atoms with Gasteiger partial charge in [-0.05, 0) is 24.6 Å². The molecule has 0 fully saturated rings. The lowest BCUT2D eigenvalue weighted by atomic mass is 10.1. The summed E-state index contributed by atoms with van der Waals surface area (Å²) in [6, 6.07) is 7.22. The van der Waals surface area contributed by atoms with Crippen LogP contribution < -0.4 is 10.1 Å². The molecular weight excluding hydrogens is 206 g/mol. The van der Waals surface area contributed by atoms with Crippen LogP contribution in [-0.2, 0) is 4.79 Å². The quantitative estimate of drug-likeness (QED) is 0.790. The highest BCUT2D eigenvalue weighted by Gasteiger charge is 2.03. The summed E-state index contributed by atoms with van der Waals surface area (Å²) in [7, 11) is 1.59. The normalized spacial score (nSPS) is 11.9. The molecule has 1 amide bonds. The maximum Gasteiger partial charge on any atom is 0.223 e. The monoisotopic (exact) mass is 223 g/mol. The van der Waals surface area contributed by atoms with Crippen LogP contribution in [0.15, 0.2) is 24.3 Å². The molecule has 4 nitrogen and oxygen atoms in total. The highest BCUT2D eigenvalue weighted by Crippen LogP contribution is 2.18. The van der Waals surface area contributed by atoms with Gasteiger partial charge in [-0.3, -0.25) is 4.79 Å². The number of ether oxygens (including phenoxy) is 1. The minimum Gasteiger partial charge on any atom is -0.493 e. The first-order chi connectivity index (χ1) is 7.63. The van der Waals surface area contributed by atoms with Crippen LogP contribution in [0.5, 0.6) is 5.75 Å². The zero-order valence-electron chi connectivity index (χ0n) is 9.56. The Balaban J connectivity index is 2.48. The molecule has 4 heteroatoms. The van der Waals surface area contributed by atoms with Gasteiger partial charge in [-0.1, -0.05) is 12.1 Å². The van der Waals surface area contributed by atoms with E-state index in [1.54, 1.807) is 26.1 Å². The average molecular weight is 223 g/mol. The highest BCUT2D eigenvalue weighted by molar-refractivity contribution is 5.75. The van der Waals surface area contributed by atoms with Crippen molar-refractivity contribution >= 4 is 5.91 Å². The molecule has 0 saturated heterocycles. The third-order valence-corrected chi connectivity index (χ3v) is 2.22. The van der Waals surface area contributed by atoms with E-state index in [1.165, 1.54) is 0 Å². The van der Waals surface area contributed by atoms with Crippen molar-refractivity contribution in [1.29, 1.82) is 0 Å². The minimum absolute atomic E-state index is 0.0494. The summed E-state index contributed by atoms with van der Waals surface area (Å²) in [6.45, 7) is 2.03. The second kappa shape index (κ2) is 6.12. The number of benzene rings is 1. The van der Waals surface area contributed by atoms with Crippen LogP contribution in [0.3, 0.4) is 0 Å². The molecule has 1 unspecified atom stereocenters. The Morgan fingerprint density at radius 2 is 2.31 bits per heavy atom. The van der Waals surface area contributed by atoms with Gasteiger partial charge in [-0.25, -0.2) is 0 Å². The van der Waals surface area contributed by atoms with Gasteiger partial charge in [0.2, 0.25) is 5.91 Å². The summed E-state index contributed by atoms with van der Waals surface area (Å²) < 4.78 is 5.40. The van der Waals surface area contributed by atoms with Crippen LogP contribution in [0.2, 0.25) is 0 Å². The first kappa shape index (κ1) is 12.5. The summed E-state index contributed by atoms with van der Waals surface area (Å²) in [5.41, 5.74) is 0.803. The average Bonchev–Trinajstić information content (AvgIpc) is 2.29. The van der Waals surface area contributed by atoms with E-state index in [9.17, 15) is 9.90 Å². The van der Waals surface area contributed by atoms with Gasteiger partial charge < -0.3 is 15.2 Å². The molecule has 88 valence electrons. The number of carbonyl (C=O) groups is 1. The summed E-state index contributed by atoms with van der Waals surface area (Å²) in [6.07, 6.45) is -0.183. The van der Waals surface area contributed by atoms with Crippen LogP contribution in [0, 0.1) is 0 Å². The molecule has 0 aliphatic carbocycles. The Hall–Kier alpha value is -1.55. The zero-order chi connectivity index (χ0) is 12.0. The lowest BCUT2D eigenvalue weighted by Gasteiger charge is -2.09. The summed E-state index contributed by atoms with van der Waals surface area (Å²) in [4.78, 5) is 10.9. The van der Waals surface area contributed by atoms with E-state index in [4.69, 9.17) is 4.74 Å². The molecule has 1 aromatic carbocycles. The molecule has 1 atom stereocenters. The van der Waals surface area contributed by atoms with Gasteiger partial charge in [0, 0.05) is 7.05 Å². The molecule has 0 radical (unpaired) electrons. The first-order valence-corrected chi connectivity index (χ1v) is 5.25. The molecule has 1 rings (SSSR count). The third kappa shape index (κ3) is 3.90. The number of hydrogen-bond donors (Lipinski definition) is 2. The molecule has 0 saturated carbocycles. The van der Waals surface area contributed by atoms with Crippen molar-refractivity contribution in [3.05, 3.63) is 29.8 Å². The third-order valence-electron chi connectivity index (χ3n) is 2.22. The van der Waals surface area contributed by atoms with Gasteiger partial charge in [0.05, 0.1) is 19.1 Å². The molecule has 0 spiro atoms. The van der Waals surface area contributed by atoms with Gasteiger partial charge >= 0.3 is 0 Å². The summed E-state index contributed by atoms with van der Waals surface area (Å²) in [5, 5.41) is 11.9. The number of rotatable bonds is 5. The van der Waals surface area contributed by atoms with E-state index in [-0.39, 0.29) is 5.91 Å². The Kier molecular flexibility index (Phi) is 4.79. The summed E-state index contributed by atoms with van der Waals surface area (Å²) in [5.74, 6) is 0.619. The van der Waals surface area contributed by atoms with Gasteiger partial charge in [-0.15, -0.1) is 0 Å². The van der Waals surface area contributed by atoms with Gasteiger partial charge in [0.1, 0.15) is 5.75 Å². The molecule has 0 heterocycles. The molecule has 0 aromatic heterocycles.